The first-order valence-electron chi connectivity index (χ1n) is 5.07. The molecule has 0 aromatic heterocycles. The summed E-state index contributed by atoms with van der Waals surface area (Å²) >= 11 is 0. The highest BCUT2D eigenvalue weighted by Gasteiger charge is 2.25. The van der Waals surface area contributed by atoms with Gasteiger partial charge in [-0.15, -0.1) is 0 Å². The second-order valence-corrected chi connectivity index (χ2v) is 6.13. The van der Waals surface area contributed by atoms with Gasteiger partial charge in [-0.05, 0) is 38.3 Å². The van der Waals surface area contributed by atoms with Crippen molar-refractivity contribution in [2.75, 3.05) is 25.9 Å². The highest BCUT2D eigenvalue weighted by molar-refractivity contribution is 7.89. The number of nitrogens with zero attached hydrogens (tertiary/aromatic N) is 1. The molecule has 1 rings (SSSR count). The van der Waals surface area contributed by atoms with Crippen LogP contribution in [0.1, 0.15) is 19.8 Å². The van der Waals surface area contributed by atoms with E-state index in [1.807, 2.05) is 6.92 Å². The lowest BCUT2D eigenvalue weighted by molar-refractivity contribution is 0.174. The van der Waals surface area contributed by atoms with Gasteiger partial charge in [0.2, 0.25) is 10.0 Å². The minimum absolute atomic E-state index is 0.117. The molecule has 0 aromatic rings. The largest absolute Gasteiger partial charge is 0.306 e. The van der Waals surface area contributed by atoms with Crippen LogP contribution in [0.4, 0.5) is 0 Å². The van der Waals surface area contributed by atoms with Crippen molar-refractivity contribution in [3.05, 3.63) is 0 Å². The van der Waals surface area contributed by atoms with E-state index in [1.54, 1.807) is 0 Å². The van der Waals surface area contributed by atoms with Gasteiger partial charge in [-0.3, -0.25) is 0 Å². The van der Waals surface area contributed by atoms with Crippen molar-refractivity contribution in [2.24, 2.45) is 17.0 Å². The molecule has 1 heterocycles. The van der Waals surface area contributed by atoms with E-state index in [0.29, 0.717) is 5.92 Å². The maximum atomic E-state index is 10.9. The van der Waals surface area contributed by atoms with E-state index in [-0.39, 0.29) is 11.7 Å². The summed E-state index contributed by atoms with van der Waals surface area (Å²) in [6.07, 6.45) is 2.29. The normalized spacial score (nSPS) is 27.5. The first-order valence-corrected chi connectivity index (χ1v) is 6.79. The van der Waals surface area contributed by atoms with Crippen LogP contribution in [0.3, 0.4) is 0 Å². The molecule has 84 valence electrons. The highest BCUT2D eigenvalue weighted by Crippen LogP contribution is 2.23. The molecule has 0 bridgehead atoms. The molecule has 0 spiro atoms. The summed E-state index contributed by atoms with van der Waals surface area (Å²) in [4.78, 5) is 2.26. The molecule has 2 atom stereocenters. The second kappa shape index (κ2) is 4.59. The molecule has 1 aliphatic heterocycles. The van der Waals surface area contributed by atoms with Crippen LogP contribution in [0.15, 0.2) is 0 Å². The summed E-state index contributed by atoms with van der Waals surface area (Å²) in [5, 5.41) is 5.04. The lowest BCUT2D eigenvalue weighted by Gasteiger charge is -2.33. The molecule has 0 aliphatic carbocycles. The van der Waals surface area contributed by atoms with Gasteiger partial charge in [0.05, 0.1) is 5.75 Å². The van der Waals surface area contributed by atoms with Gasteiger partial charge in [-0.25, -0.2) is 13.6 Å². The zero-order valence-electron chi connectivity index (χ0n) is 8.94. The average molecular weight is 220 g/mol. The summed E-state index contributed by atoms with van der Waals surface area (Å²) in [5.41, 5.74) is 0. The van der Waals surface area contributed by atoms with Crippen LogP contribution in [0.2, 0.25) is 0 Å². The zero-order valence-corrected chi connectivity index (χ0v) is 9.76. The van der Waals surface area contributed by atoms with Crippen molar-refractivity contribution < 1.29 is 8.42 Å². The molecule has 0 aromatic carbocycles. The number of likely N-dealkylation sites (tertiary alicyclic amines) is 1. The maximum Gasteiger partial charge on any atom is 0.209 e. The fraction of sp³-hybridized carbons (Fsp3) is 1.00. The summed E-state index contributed by atoms with van der Waals surface area (Å²) in [7, 11) is -1.23. The van der Waals surface area contributed by atoms with Gasteiger partial charge in [0.15, 0.2) is 0 Å². The van der Waals surface area contributed by atoms with Gasteiger partial charge in [-0.2, -0.15) is 0 Å². The Morgan fingerprint density at radius 1 is 1.57 bits per heavy atom. The Morgan fingerprint density at radius 2 is 2.21 bits per heavy atom. The molecule has 2 N–H and O–H groups in total. The second-order valence-electron chi connectivity index (χ2n) is 4.47. The van der Waals surface area contributed by atoms with Crippen LogP contribution >= 0.6 is 0 Å². The Balaban J connectivity index is 2.47. The Kier molecular flexibility index (Phi) is 3.92. The van der Waals surface area contributed by atoms with Crippen LogP contribution < -0.4 is 5.14 Å². The lowest BCUT2D eigenvalue weighted by Crippen LogP contribution is -2.37. The quantitative estimate of drug-likeness (QED) is 0.741. The molecular weight excluding hydrogens is 200 g/mol. The van der Waals surface area contributed by atoms with Crippen LogP contribution in [0, 0.1) is 11.8 Å². The fourth-order valence-electron chi connectivity index (χ4n) is 2.17. The van der Waals surface area contributed by atoms with Crippen molar-refractivity contribution in [3.63, 3.8) is 0 Å². The number of primary sulfonamides is 1. The zero-order chi connectivity index (χ0) is 10.8. The average Bonchev–Trinajstić information content (AvgIpc) is 2.01. The van der Waals surface area contributed by atoms with E-state index in [9.17, 15) is 8.42 Å². The summed E-state index contributed by atoms with van der Waals surface area (Å²) in [5.74, 6) is 0.769. The lowest BCUT2D eigenvalue weighted by atomic mass is 9.88. The van der Waals surface area contributed by atoms with E-state index < -0.39 is 10.0 Å². The first kappa shape index (κ1) is 11.9. The molecule has 1 saturated heterocycles. The highest BCUT2D eigenvalue weighted by atomic mass is 32.2. The predicted octanol–water partition coefficient (Wildman–Crippen LogP) is 0.253. The van der Waals surface area contributed by atoms with Crippen LogP contribution in [0.5, 0.6) is 0 Å². The van der Waals surface area contributed by atoms with E-state index in [4.69, 9.17) is 5.14 Å². The molecule has 5 heteroatoms. The van der Waals surface area contributed by atoms with E-state index in [2.05, 4.69) is 11.9 Å². The van der Waals surface area contributed by atoms with Gasteiger partial charge in [0.25, 0.3) is 0 Å². The molecule has 14 heavy (non-hydrogen) atoms. The van der Waals surface area contributed by atoms with Gasteiger partial charge in [0.1, 0.15) is 0 Å². The Labute approximate surface area is 86.5 Å². The van der Waals surface area contributed by atoms with Gasteiger partial charge in [0, 0.05) is 6.54 Å². The molecule has 0 radical (unpaired) electrons. The number of sulfonamides is 1. The van der Waals surface area contributed by atoms with Crippen molar-refractivity contribution in [2.45, 2.75) is 19.8 Å². The van der Waals surface area contributed by atoms with Gasteiger partial charge < -0.3 is 4.90 Å². The van der Waals surface area contributed by atoms with Crippen LogP contribution in [-0.4, -0.2) is 39.2 Å². The fourth-order valence-corrected chi connectivity index (χ4v) is 3.18. The van der Waals surface area contributed by atoms with Crippen molar-refractivity contribution in [1.29, 1.82) is 0 Å². The number of rotatable bonds is 3. The first-order chi connectivity index (χ1) is 6.38. The Bertz CT molecular complexity index is 277. The number of hydrogen-bond donors (Lipinski definition) is 1. The topological polar surface area (TPSA) is 63.4 Å². The third-order valence-corrected chi connectivity index (χ3v) is 3.95. The number of hydrogen-bond acceptors (Lipinski definition) is 3. The number of piperidine rings is 1. The molecule has 1 fully saturated rings. The third kappa shape index (κ3) is 3.94. The minimum atomic E-state index is -3.31. The van der Waals surface area contributed by atoms with E-state index >= 15 is 0 Å². The minimum Gasteiger partial charge on any atom is -0.306 e. The molecule has 4 nitrogen and oxygen atoms in total. The predicted molar refractivity (Wildman–Crippen MR) is 57.4 cm³/mol. The molecular formula is C9H20N2O2S. The summed E-state index contributed by atoms with van der Waals surface area (Å²) in [6, 6.07) is 0. The Morgan fingerprint density at radius 3 is 2.71 bits per heavy atom. The molecule has 2 unspecified atom stereocenters. The van der Waals surface area contributed by atoms with Gasteiger partial charge in [-0.1, -0.05) is 6.92 Å². The van der Waals surface area contributed by atoms with E-state index in [0.717, 1.165) is 25.9 Å². The summed E-state index contributed by atoms with van der Waals surface area (Å²) in [6.45, 7) is 4.10. The monoisotopic (exact) mass is 220 g/mol. The van der Waals surface area contributed by atoms with Crippen molar-refractivity contribution >= 4 is 10.0 Å². The molecule has 1 aliphatic rings. The Hall–Kier alpha value is -0.130. The maximum absolute atomic E-state index is 10.9. The van der Waals surface area contributed by atoms with Crippen molar-refractivity contribution in [3.8, 4) is 0 Å². The number of nitrogens with two attached hydrogens (primary N) is 1. The summed E-state index contributed by atoms with van der Waals surface area (Å²) < 4.78 is 21.9. The third-order valence-electron chi connectivity index (χ3n) is 2.96. The molecule has 0 saturated carbocycles. The van der Waals surface area contributed by atoms with Gasteiger partial charge >= 0.3 is 0 Å². The smallest absolute Gasteiger partial charge is 0.209 e. The van der Waals surface area contributed by atoms with Crippen molar-refractivity contribution in [1.82, 2.24) is 4.90 Å². The SMILES string of the molecule is CC(CS(N)(=O)=O)C1CCCN(C)C1. The molecule has 0 amide bonds. The van der Waals surface area contributed by atoms with E-state index in [1.165, 1.54) is 0 Å². The van der Waals surface area contributed by atoms with Crippen LogP contribution in [0.25, 0.3) is 0 Å². The van der Waals surface area contributed by atoms with Crippen LogP contribution in [-0.2, 0) is 10.0 Å². The standard InChI is InChI=1S/C9H20N2O2S/c1-8(7-14(10,12)13)9-4-3-5-11(2)6-9/h8-9H,3-7H2,1-2H3,(H2,10,12,13).